The zero-order chi connectivity index (χ0) is 18.0. The highest BCUT2D eigenvalue weighted by atomic mass is 16.6. The van der Waals surface area contributed by atoms with Crippen LogP contribution in [0.4, 0.5) is 4.79 Å². The summed E-state index contributed by atoms with van der Waals surface area (Å²) >= 11 is 0. The van der Waals surface area contributed by atoms with Crippen LogP contribution in [0.2, 0.25) is 0 Å². The molecule has 5 nitrogen and oxygen atoms in total. The molecule has 1 rings (SSSR count). The summed E-state index contributed by atoms with van der Waals surface area (Å²) in [5.74, 6) is -0.301. The van der Waals surface area contributed by atoms with Crippen molar-refractivity contribution < 1.29 is 19.1 Å². The number of amides is 1. The van der Waals surface area contributed by atoms with Gasteiger partial charge in [-0.3, -0.25) is 0 Å². The van der Waals surface area contributed by atoms with Gasteiger partial charge in [-0.2, -0.15) is 0 Å². The lowest BCUT2D eigenvalue weighted by atomic mass is 10.0. The van der Waals surface area contributed by atoms with Crippen molar-refractivity contribution in [3.05, 3.63) is 35.4 Å². The fourth-order valence-corrected chi connectivity index (χ4v) is 2.28. The normalized spacial score (nSPS) is 11.0. The van der Waals surface area contributed by atoms with Crippen LogP contribution < -0.4 is 5.32 Å². The van der Waals surface area contributed by atoms with E-state index in [4.69, 9.17) is 9.47 Å². The minimum atomic E-state index is -0.456. The third-order valence-electron chi connectivity index (χ3n) is 3.41. The number of alkyl carbamates (subject to hydrolysis) is 1. The van der Waals surface area contributed by atoms with E-state index in [0.29, 0.717) is 12.1 Å². The van der Waals surface area contributed by atoms with Crippen molar-refractivity contribution in [2.45, 2.75) is 58.5 Å². The van der Waals surface area contributed by atoms with Gasteiger partial charge >= 0.3 is 12.1 Å². The predicted molar refractivity (Wildman–Crippen MR) is 94.2 cm³/mol. The molecule has 134 valence electrons. The second kappa shape index (κ2) is 9.96. The molecule has 0 saturated heterocycles. The Hall–Kier alpha value is -2.04. The molecule has 1 aromatic rings. The van der Waals surface area contributed by atoms with Gasteiger partial charge in [-0.1, -0.05) is 25.0 Å². The largest absolute Gasteiger partial charge is 0.465 e. The zero-order valence-electron chi connectivity index (χ0n) is 15.2. The molecular formula is C19H29NO4. The van der Waals surface area contributed by atoms with E-state index < -0.39 is 5.60 Å². The minimum Gasteiger partial charge on any atom is -0.465 e. The van der Waals surface area contributed by atoms with E-state index in [-0.39, 0.29) is 12.1 Å². The summed E-state index contributed by atoms with van der Waals surface area (Å²) in [6, 6.07) is 7.55. The van der Waals surface area contributed by atoms with Crippen molar-refractivity contribution in [1.82, 2.24) is 5.32 Å². The number of benzene rings is 1. The van der Waals surface area contributed by atoms with Gasteiger partial charge in [0.25, 0.3) is 0 Å². The van der Waals surface area contributed by atoms with Crippen molar-refractivity contribution in [2.24, 2.45) is 0 Å². The van der Waals surface area contributed by atoms with Crippen molar-refractivity contribution in [1.29, 1.82) is 0 Å². The Morgan fingerprint density at radius 1 is 1.08 bits per heavy atom. The summed E-state index contributed by atoms with van der Waals surface area (Å²) < 4.78 is 9.90. The maximum atomic E-state index is 11.5. The van der Waals surface area contributed by atoms with Crippen LogP contribution in [0.1, 0.15) is 62.4 Å². The molecule has 0 bridgehead atoms. The lowest BCUT2D eigenvalue weighted by Gasteiger charge is -2.19. The molecule has 0 atom stereocenters. The zero-order valence-corrected chi connectivity index (χ0v) is 15.2. The molecule has 24 heavy (non-hydrogen) atoms. The van der Waals surface area contributed by atoms with E-state index in [1.165, 1.54) is 7.11 Å². The Balaban J connectivity index is 2.14. The van der Waals surface area contributed by atoms with Crippen LogP contribution in [-0.2, 0) is 15.9 Å². The van der Waals surface area contributed by atoms with E-state index >= 15 is 0 Å². The van der Waals surface area contributed by atoms with Crippen LogP contribution in [0.25, 0.3) is 0 Å². The molecule has 0 aliphatic heterocycles. The van der Waals surface area contributed by atoms with Crippen molar-refractivity contribution >= 4 is 12.1 Å². The highest BCUT2D eigenvalue weighted by Gasteiger charge is 2.15. The van der Waals surface area contributed by atoms with Crippen LogP contribution in [-0.4, -0.2) is 31.3 Å². The average molecular weight is 335 g/mol. The number of ether oxygens (including phenoxy) is 2. The molecule has 1 aromatic carbocycles. The second-order valence-electron chi connectivity index (χ2n) is 6.78. The number of hydrogen-bond donors (Lipinski definition) is 1. The molecule has 0 saturated carbocycles. The molecule has 1 amide bonds. The molecule has 1 N–H and O–H groups in total. The van der Waals surface area contributed by atoms with E-state index in [2.05, 4.69) is 5.32 Å². The Morgan fingerprint density at radius 3 is 2.46 bits per heavy atom. The Morgan fingerprint density at radius 2 is 1.79 bits per heavy atom. The monoisotopic (exact) mass is 335 g/mol. The first-order valence-corrected chi connectivity index (χ1v) is 8.46. The Kier molecular flexibility index (Phi) is 8.30. The molecule has 5 heteroatoms. The molecule has 0 unspecified atom stereocenters. The third kappa shape index (κ3) is 8.56. The van der Waals surface area contributed by atoms with Gasteiger partial charge < -0.3 is 14.8 Å². The molecule has 0 fully saturated rings. The second-order valence-corrected chi connectivity index (χ2v) is 6.78. The number of esters is 1. The summed E-state index contributed by atoms with van der Waals surface area (Å²) in [6.07, 6.45) is 4.69. The fraction of sp³-hybridized carbons (Fsp3) is 0.579. The molecular weight excluding hydrogens is 306 g/mol. The van der Waals surface area contributed by atoms with E-state index in [1.807, 2.05) is 39.0 Å². The van der Waals surface area contributed by atoms with E-state index in [0.717, 1.165) is 37.7 Å². The first kappa shape index (κ1) is 20.0. The number of aryl methyl sites for hydroxylation is 1. The minimum absolute atomic E-state index is 0.301. The van der Waals surface area contributed by atoms with Crippen molar-refractivity contribution in [2.75, 3.05) is 13.7 Å². The van der Waals surface area contributed by atoms with Gasteiger partial charge in [-0.05, 0) is 57.7 Å². The lowest BCUT2D eigenvalue weighted by molar-refractivity contribution is 0.0525. The van der Waals surface area contributed by atoms with Gasteiger partial charge in [0.2, 0.25) is 0 Å². The topological polar surface area (TPSA) is 64.6 Å². The summed E-state index contributed by atoms with van der Waals surface area (Å²) in [5.41, 5.74) is 1.28. The van der Waals surface area contributed by atoms with E-state index in [1.54, 1.807) is 6.07 Å². The molecule has 0 aliphatic rings. The van der Waals surface area contributed by atoms with Gasteiger partial charge in [0.15, 0.2) is 0 Å². The summed E-state index contributed by atoms with van der Waals surface area (Å²) in [6.45, 7) is 6.18. The maximum absolute atomic E-state index is 11.5. The first-order valence-electron chi connectivity index (χ1n) is 8.46. The van der Waals surface area contributed by atoms with Gasteiger partial charge in [0, 0.05) is 6.54 Å². The van der Waals surface area contributed by atoms with Gasteiger partial charge in [0.1, 0.15) is 5.60 Å². The predicted octanol–water partition coefficient (Wildman–Crippen LogP) is 4.10. The number of hydrogen-bond acceptors (Lipinski definition) is 4. The SMILES string of the molecule is COC(=O)c1cccc(CCCCCCNC(=O)OC(C)(C)C)c1. The Bertz CT molecular complexity index is 534. The number of nitrogens with one attached hydrogen (secondary N) is 1. The average Bonchev–Trinajstić information content (AvgIpc) is 2.51. The highest BCUT2D eigenvalue weighted by molar-refractivity contribution is 5.89. The van der Waals surface area contributed by atoms with Crippen LogP contribution in [0.5, 0.6) is 0 Å². The standard InChI is InChI=1S/C19H29NO4/c1-19(2,3)24-18(22)20-13-8-6-5-7-10-15-11-9-12-16(14-15)17(21)23-4/h9,11-12,14H,5-8,10,13H2,1-4H3,(H,20,22). The smallest absolute Gasteiger partial charge is 0.407 e. The third-order valence-corrected chi connectivity index (χ3v) is 3.41. The molecule has 0 heterocycles. The number of carbonyl (C=O) groups excluding carboxylic acids is 2. The fourth-order valence-electron chi connectivity index (χ4n) is 2.28. The highest BCUT2D eigenvalue weighted by Crippen LogP contribution is 2.11. The van der Waals surface area contributed by atoms with Gasteiger partial charge in [-0.15, -0.1) is 0 Å². The maximum Gasteiger partial charge on any atom is 0.407 e. The first-order chi connectivity index (χ1) is 11.3. The summed E-state index contributed by atoms with van der Waals surface area (Å²) in [4.78, 5) is 23.0. The number of rotatable bonds is 8. The van der Waals surface area contributed by atoms with Crippen LogP contribution in [0.3, 0.4) is 0 Å². The van der Waals surface area contributed by atoms with Gasteiger partial charge in [0.05, 0.1) is 12.7 Å². The van der Waals surface area contributed by atoms with Crippen LogP contribution in [0, 0.1) is 0 Å². The Labute approximate surface area is 144 Å². The van der Waals surface area contributed by atoms with Crippen LogP contribution >= 0.6 is 0 Å². The summed E-state index contributed by atoms with van der Waals surface area (Å²) in [7, 11) is 1.39. The number of unbranched alkanes of at least 4 members (excludes halogenated alkanes) is 3. The number of carbonyl (C=O) groups is 2. The molecule has 0 aromatic heterocycles. The van der Waals surface area contributed by atoms with Crippen molar-refractivity contribution in [3.8, 4) is 0 Å². The lowest BCUT2D eigenvalue weighted by Crippen LogP contribution is -2.32. The van der Waals surface area contributed by atoms with Crippen LogP contribution in [0.15, 0.2) is 24.3 Å². The van der Waals surface area contributed by atoms with Crippen molar-refractivity contribution in [3.63, 3.8) is 0 Å². The quantitative estimate of drug-likeness (QED) is 0.574. The van der Waals surface area contributed by atoms with Gasteiger partial charge in [-0.25, -0.2) is 9.59 Å². The molecule has 0 aliphatic carbocycles. The number of methoxy groups -OCH3 is 1. The summed E-state index contributed by atoms with van der Waals surface area (Å²) in [5, 5.41) is 2.76. The molecule has 0 spiro atoms. The van der Waals surface area contributed by atoms with E-state index in [9.17, 15) is 9.59 Å². The molecule has 0 radical (unpaired) electrons.